The van der Waals surface area contributed by atoms with Gasteiger partial charge in [-0.3, -0.25) is 0 Å². The molecule has 0 amide bonds. The second kappa shape index (κ2) is 6.36. The van der Waals surface area contributed by atoms with Gasteiger partial charge in [-0.2, -0.15) is 0 Å². The summed E-state index contributed by atoms with van der Waals surface area (Å²) in [5.74, 6) is 0.895. The molecule has 0 spiro atoms. The molecule has 0 aliphatic heterocycles. The molecule has 0 bridgehead atoms. The van der Waals surface area contributed by atoms with Crippen LogP contribution in [0, 0.1) is 0 Å². The lowest BCUT2D eigenvalue weighted by molar-refractivity contribution is 0.317. The lowest BCUT2D eigenvalue weighted by Crippen LogP contribution is -2.00. The lowest BCUT2D eigenvalue weighted by Gasteiger charge is -2.07. The molecule has 1 aromatic carbocycles. The SMILES string of the molecule is C=C(Cl)CNc1ccc(OCCC)cc1. The van der Waals surface area contributed by atoms with Crippen molar-refractivity contribution in [2.45, 2.75) is 13.3 Å². The minimum atomic E-state index is 0.580. The van der Waals surface area contributed by atoms with Crippen molar-refractivity contribution in [2.75, 3.05) is 18.5 Å². The van der Waals surface area contributed by atoms with Crippen LogP contribution in [0.1, 0.15) is 13.3 Å². The van der Waals surface area contributed by atoms with E-state index in [0.29, 0.717) is 11.6 Å². The number of anilines is 1. The van der Waals surface area contributed by atoms with Crippen molar-refractivity contribution < 1.29 is 4.74 Å². The third-order valence-electron chi connectivity index (χ3n) is 1.81. The van der Waals surface area contributed by atoms with E-state index in [-0.39, 0.29) is 0 Å². The molecule has 0 aromatic heterocycles. The minimum absolute atomic E-state index is 0.580. The molecule has 0 atom stereocenters. The molecule has 3 heteroatoms. The molecular formula is C12H16ClNO. The zero-order valence-corrected chi connectivity index (χ0v) is 9.68. The van der Waals surface area contributed by atoms with E-state index in [1.165, 1.54) is 0 Å². The highest BCUT2D eigenvalue weighted by atomic mass is 35.5. The third-order valence-corrected chi connectivity index (χ3v) is 1.95. The first kappa shape index (κ1) is 11.9. The molecule has 0 saturated carbocycles. The molecule has 0 aliphatic carbocycles. The first-order chi connectivity index (χ1) is 7.22. The Balaban J connectivity index is 2.45. The summed E-state index contributed by atoms with van der Waals surface area (Å²) in [6.45, 7) is 7.03. The molecule has 0 radical (unpaired) electrons. The number of hydrogen-bond donors (Lipinski definition) is 1. The third kappa shape index (κ3) is 4.75. The van der Waals surface area contributed by atoms with Gasteiger partial charge in [-0.1, -0.05) is 25.1 Å². The Bertz CT molecular complexity index is 308. The van der Waals surface area contributed by atoms with Gasteiger partial charge in [-0.05, 0) is 30.7 Å². The van der Waals surface area contributed by atoms with Crippen LogP contribution in [0.2, 0.25) is 0 Å². The largest absolute Gasteiger partial charge is 0.494 e. The summed E-state index contributed by atoms with van der Waals surface area (Å²) < 4.78 is 5.46. The summed E-state index contributed by atoms with van der Waals surface area (Å²) in [6, 6.07) is 7.81. The van der Waals surface area contributed by atoms with Crippen molar-refractivity contribution in [1.82, 2.24) is 0 Å². The number of hydrogen-bond acceptors (Lipinski definition) is 2. The zero-order valence-electron chi connectivity index (χ0n) is 8.92. The van der Waals surface area contributed by atoms with Gasteiger partial charge >= 0.3 is 0 Å². The summed E-state index contributed by atoms with van der Waals surface area (Å²) in [7, 11) is 0. The molecule has 0 heterocycles. The topological polar surface area (TPSA) is 21.3 Å². The molecule has 0 saturated heterocycles. The Morgan fingerprint density at radius 3 is 2.60 bits per heavy atom. The second-order valence-corrected chi connectivity index (χ2v) is 3.78. The maximum absolute atomic E-state index is 5.65. The highest BCUT2D eigenvalue weighted by Gasteiger charge is 1.94. The highest BCUT2D eigenvalue weighted by molar-refractivity contribution is 6.29. The van der Waals surface area contributed by atoms with Crippen LogP contribution in [0.5, 0.6) is 5.75 Å². The van der Waals surface area contributed by atoms with Gasteiger partial charge in [0.2, 0.25) is 0 Å². The van der Waals surface area contributed by atoms with Crippen LogP contribution >= 0.6 is 11.6 Å². The molecule has 15 heavy (non-hydrogen) atoms. The molecule has 0 aliphatic rings. The van der Waals surface area contributed by atoms with E-state index in [1.54, 1.807) is 0 Å². The van der Waals surface area contributed by atoms with Crippen LogP contribution in [0.3, 0.4) is 0 Å². The predicted octanol–water partition coefficient (Wildman–Crippen LogP) is 3.64. The molecular weight excluding hydrogens is 210 g/mol. The number of ether oxygens (including phenoxy) is 1. The van der Waals surface area contributed by atoms with E-state index < -0.39 is 0 Å². The molecule has 2 nitrogen and oxygen atoms in total. The average Bonchev–Trinajstić information content (AvgIpc) is 2.25. The van der Waals surface area contributed by atoms with Gasteiger partial charge in [0, 0.05) is 10.7 Å². The standard InChI is InChI=1S/C12H16ClNO/c1-3-8-15-12-6-4-11(5-7-12)14-9-10(2)13/h4-7,14H,2-3,8-9H2,1H3. The van der Waals surface area contributed by atoms with Gasteiger partial charge in [0.05, 0.1) is 13.2 Å². The normalized spacial score (nSPS) is 9.73. The van der Waals surface area contributed by atoms with Gasteiger partial charge in [0.1, 0.15) is 5.75 Å². The summed E-state index contributed by atoms with van der Waals surface area (Å²) >= 11 is 5.65. The smallest absolute Gasteiger partial charge is 0.119 e. The monoisotopic (exact) mass is 225 g/mol. The number of nitrogens with one attached hydrogen (secondary N) is 1. The van der Waals surface area contributed by atoms with Gasteiger partial charge in [0.15, 0.2) is 0 Å². The van der Waals surface area contributed by atoms with Gasteiger partial charge in [-0.15, -0.1) is 0 Å². The number of halogens is 1. The summed E-state index contributed by atoms with van der Waals surface area (Å²) in [5, 5.41) is 3.74. The average molecular weight is 226 g/mol. The van der Waals surface area contributed by atoms with E-state index in [0.717, 1.165) is 24.5 Å². The van der Waals surface area contributed by atoms with Crippen LogP contribution in [-0.2, 0) is 0 Å². The Morgan fingerprint density at radius 2 is 2.07 bits per heavy atom. The first-order valence-electron chi connectivity index (χ1n) is 5.02. The van der Waals surface area contributed by atoms with Gasteiger partial charge < -0.3 is 10.1 Å². The molecule has 1 N–H and O–H groups in total. The van der Waals surface area contributed by atoms with Crippen molar-refractivity contribution in [3.8, 4) is 5.75 Å². The minimum Gasteiger partial charge on any atom is -0.494 e. The van der Waals surface area contributed by atoms with Crippen molar-refractivity contribution in [3.05, 3.63) is 35.9 Å². The number of benzene rings is 1. The number of rotatable bonds is 6. The van der Waals surface area contributed by atoms with E-state index in [9.17, 15) is 0 Å². The van der Waals surface area contributed by atoms with Crippen LogP contribution in [-0.4, -0.2) is 13.2 Å². The first-order valence-corrected chi connectivity index (χ1v) is 5.40. The summed E-state index contributed by atoms with van der Waals surface area (Å²) in [4.78, 5) is 0. The predicted molar refractivity (Wildman–Crippen MR) is 65.7 cm³/mol. The maximum Gasteiger partial charge on any atom is 0.119 e. The Kier molecular flexibility index (Phi) is 5.05. The Hall–Kier alpha value is -1.15. The second-order valence-electron chi connectivity index (χ2n) is 3.24. The summed E-state index contributed by atoms with van der Waals surface area (Å²) in [6.07, 6.45) is 1.02. The molecule has 1 aromatic rings. The maximum atomic E-state index is 5.65. The Labute approximate surface area is 95.9 Å². The van der Waals surface area contributed by atoms with Gasteiger partial charge in [0.25, 0.3) is 0 Å². The highest BCUT2D eigenvalue weighted by Crippen LogP contribution is 2.16. The fraction of sp³-hybridized carbons (Fsp3) is 0.333. The van der Waals surface area contributed by atoms with Crippen molar-refractivity contribution in [1.29, 1.82) is 0 Å². The van der Waals surface area contributed by atoms with Crippen LogP contribution in [0.25, 0.3) is 0 Å². The van der Waals surface area contributed by atoms with Crippen LogP contribution < -0.4 is 10.1 Å². The van der Waals surface area contributed by atoms with E-state index in [1.807, 2.05) is 24.3 Å². The van der Waals surface area contributed by atoms with E-state index >= 15 is 0 Å². The van der Waals surface area contributed by atoms with Crippen LogP contribution in [0.4, 0.5) is 5.69 Å². The fourth-order valence-corrected chi connectivity index (χ4v) is 1.15. The molecule has 1 rings (SSSR count). The molecule has 0 fully saturated rings. The molecule has 0 unspecified atom stereocenters. The lowest BCUT2D eigenvalue weighted by atomic mass is 10.3. The van der Waals surface area contributed by atoms with Crippen LogP contribution in [0.15, 0.2) is 35.9 Å². The van der Waals surface area contributed by atoms with E-state index in [2.05, 4.69) is 18.8 Å². The van der Waals surface area contributed by atoms with Crippen molar-refractivity contribution in [3.63, 3.8) is 0 Å². The van der Waals surface area contributed by atoms with Gasteiger partial charge in [-0.25, -0.2) is 0 Å². The van der Waals surface area contributed by atoms with E-state index in [4.69, 9.17) is 16.3 Å². The summed E-state index contributed by atoms with van der Waals surface area (Å²) in [5.41, 5.74) is 1.01. The van der Waals surface area contributed by atoms with Crippen molar-refractivity contribution >= 4 is 17.3 Å². The van der Waals surface area contributed by atoms with Crippen molar-refractivity contribution in [2.24, 2.45) is 0 Å². The zero-order chi connectivity index (χ0) is 11.1. The Morgan fingerprint density at radius 1 is 1.40 bits per heavy atom. The molecule has 82 valence electrons. The fourth-order valence-electron chi connectivity index (χ4n) is 1.09. The quantitative estimate of drug-likeness (QED) is 0.798.